The van der Waals surface area contributed by atoms with Crippen molar-refractivity contribution in [1.82, 2.24) is 9.97 Å². The van der Waals surface area contributed by atoms with Crippen molar-refractivity contribution in [3.63, 3.8) is 0 Å². The zero-order chi connectivity index (χ0) is 9.94. The van der Waals surface area contributed by atoms with Crippen LogP contribution in [0.25, 0.3) is 0 Å². The average molecular weight is 205 g/mol. The number of hydrogen-bond donors (Lipinski definition) is 1. The van der Waals surface area contributed by atoms with Crippen LogP contribution in [0.3, 0.4) is 0 Å². The Hall–Kier alpha value is -0.540. The zero-order valence-corrected chi connectivity index (χ0v) is 8.97. The molecule has 0 aliphatic heterocycles. The third kappa shape index (κ3) is 9.37. The molecule has 0 aromatic carbocycles. The molecule has 3 nitrogen and oxygen atoms in total. The smallest absolute Gasteiger partial charge is 0.102 e. The minimum absolute atomic E-state index is 0.753. The number of hydrogen-bond acceptors (Lipinski definition) is 2. The van der Waals surface area contributed by atoms with Gasteiger partial charge in [-0.05, 0) is 19.8 Å². The van der Waals surface area contributed by atoms with Crippen molar-refractivity contribution in [2.45, 2.75) is 19.8 Å². The molecule has 0 saturated carbocycles. The number of imidazole rings is 1. The third-order valence-corrected chi connectivity index (χ3v) is 1.63. The van der Waals surface area contributed by atoms with Crippen LogP contribution in [0.1, 0.15) is 18.7 Å². The molecule has 1 aromatic heterocycles. The summed E-state index contributed by atoms with van der Waals surface area (Å²) in [5.74, 6) is 1.72. The fourth-order valence-corrected chi connectivity index (χ4v) is 0.874. The molecular formula is C9H17ClN2O. The van der Waals surface area contributed by atoms with E-state index in [1.807, 2.05) is 6.92 Å². The van der Waals surface area contributed by atoms with Gasteiger partial charge in [-0.2, -0.15) is 0 Å². The highest BCUT2D eigenvalue weighted by atomic mass is 35.5. The molecule has 0 atom stereocenters. The molecule has 0 fully saturated rings. The third-order valence-electron chi connectivity index (χ3n) is 1.37. The monoisotopic (exact) mass is 204 g/mol. The maximum absolute atomic E-state index is 5.38. The second-order valence-corrected chi connectivity index (χ2v) is 2.94. The fourth-order valence-electron chi connectivity index (χ4n) is 0.685. The Labute approximate surface area is 84.5 Å². The SMILES string of the molecule is COCCCCCl.Cc1ncc[nH]1. The standard InChI is InChI=1S/C5H11ClO.C4H6N2/c1-7-5-3-2-4-6;1-4-5-2-3-6-4/h2-5H2,1H3;2-3H,1H3,(H,5,6). The van der Waals surface area contributed by atoms with Crippen LogP contribution in [0.4, 0.5) is 0 Å². The number of ether oxygens (including phenoxy) is 1. The molecule has 0 amide bonds. The molecule has 1 N–H and O–H groups in total. The number of halogens is 1. The van der Waals surface area contributed by atoms with Gasteiger partial charge in [0.15, 0.2) is 0 Å². The molecule has 0 radical (unpaired) electrons. The van der Waals surface area contributed by atoms with Crippen LogP contribution >= 0.6 is 11.6 Å². The summed E-state index contributed by atoms with van der Waals surface area (Å²) in [4.78, 5) is 6.75. The molecule has 0 unspecified atom stereocenters. The van der Waals surface area contributed by atoms with Crippen LogP contribution < -0.4 is 0 Å². The predicted octanol–water partition coefficient (Wildman–Crippen LogP) is 2.37. The number of alkyl halides is 1. The van der Waals surface area contributed by atoms with Crippen molar-refractivity contribution in [2.24, 2.45) is 0 Å². The van der Waals surface area contributed by atoms with E-state index in [1.54, 1.807) is 19.5 Å². The number of aromatic nitrogens is 2. The summed E-state index contributed by atoms with van der Waals surface area (Å²) in [6, 6.07) is 0. The first-order valence-electron chi connectivity index (χ1n) is 4.32. The summed E-state index contributed by atoms with van der Waals surface area (Å²) < 4.78 is 4.79. The van der Waals surface area contributed by atoms with Gasteiger partial charge < -0.3 is 9.72 Å². The number of aromatic amines is 1. The lowest BCUT2D eigenvalue weighted by Gasteiger charge is -1.91. The summed E-state index contributed by atoms with van der Waals surface area (Å²) in [5, 5.41) is 0. The molecule has 13 heavy (non-hydrogen) atoms. The molecule has 1 aromatic rings. The number of aryl methyl sites for hydroxylation is 1. The van der Waals surface area contributed by atoms with E-state index in [9.17, 15) is 0 Å². The first-order chi connectivity index (χ1) is 6.31. The normalized spacial score (nSPS) is 9.15. The van der Waals surface area contributed by atoms with Gasteiger partial charge in [0, 0.05) is 32.0 Å². The molecule has 1 rings (SSSR count). The van der Waals surface area contributed by atoms with Gasteiger partial charge in [-0.1, -0.05) is 0 Å². The molecule has 76 valence electrons. The molecule has 0 aliphatic rings. The summed E-state index contributed by atoms with van der Waals surface area (Å²) in [5.41, 5.74) is 0. The number of nitrogens with one attached hydrogen (secondary N) is 1. The Morgan fingerprint density at radius 1 is 1.54 bits per heavy atom. The number of rotatable bonds is 4. The summed E-state index contributed by atoms with van der Waals surface area (Å²) in [6.07, 6.45) is 5.68. The van der Waals surface area contributed by atoms with Crippen molar-refractivity contribution in [2.75, 3.05) is 19.6 Å². The highest BCUT2D eigenvalue weighted by Crippen LogP contribution is 1.90. The van der Waals surface area contributed by atoms with Gasteiger partial charge in [-0.25, -0.2) is 4.98 Å². The van der Waals surface area contributed by atoms with Crippen molar-refractivity contribution in [3.8, 4) is 0 Å². The maximum atomic E-state index is 5.38. The molecule has 0 saturated heterocycles. The Morgan fingerprint density at radius 2 is 2.31 bits per heavy atom. The molecule has 4 heteroatoms. The second-order valence-electron chi connectivity index (χ2n) is 2.56. The van der Waals surface area contributed by atoms with Gasteiger partial charge in [0.1, 0.15) is 5.82 Å². The lowest BCUT2D eigenvalue weighted by Crippen LogP contribution is -1.87. The minimum atomic E-state index is 0.753. The Bertz CT molecular complexity index is 174. The number of unbranched alkanes of at least 4 members (excludes halogenated alkanes) is 1. The topological polar surface area (TPSA) is 37.9 Å². The summed E-state index contributed by atoms with van der Waals surface area (Å²) in [6.45, 7) is 2.76. The van der Waals surface area contributed by atoms with Crippen LogP contribution in [0.15, 0.2) is 12.4 Å². The quantitative estimate of drug-likeness (QED) is 0.604. The largest absolute Gasteiger partial charge is 0.385 e. The van der Waals surface area contributed by atoms with Gasteiger partial charge in [-0.15, -0.1) is 11.6 Å². The van der Waals surface area contributed by atoms with Crippen molar-refractivity contribution >= 4 is 11.6 Å². The van der Waals surface area contributed by atoms with Gasteiger partial charge in [0.05, 0.1) is 0 Å². The molecule has 0 aliphatic carbocycles. The Kier molecular flexibility index (Phi) is 9.15. The number of H-pyrrole nitrogens is 1. The van der Waals surface area contributed by atoms with Crippen molar-refractivity contribution < 1.29 is 4.74 Å². The van der Waals surface area contributed by atoms with Crippen LogP contribution in [0, 0.1) is 6.92 Å². The number of nitrogens with zero attached hydrogens (tertiary/aromatic N) is 1. The molecular weight excluding hydrogens is 188 g/mol. The van der Waals surface area contributed by atoms with Gasteiger partial charge in [0.25, 0.3) is 0 Å². The Balaban J connectivity index is 0.000000223. The highest BCUT2D eigenvalue weighted by molar-refractivity contribution is 6.17. The van der Waals surface area contributed by atoms with E-state index in [4.69, 9.17) is 16.3 Å². The Morgan fingerprint density at radius 3 is 2.62 bits per heavy atom. The van der Waals surface area contributed by atoms with E-state index in [-0.39, 0.29) is 0 Å². The molecule has 0 spiro atoms. The lowest BCUT2D eigenvalue weighted by atomic mass is 10.4. The fraction of sp³-hybridized carbons (Fsp3) is 0.667. The molecule has 0 bridgehead atoms. The van der Waals surface area contributed by atoms with Crippen LogP contribution in [-0.4, -0.2) is 29.6 Å². The highest BCUT2D eigenvalue weighted by Gasteiger charge is 1.81. The molecule has 1 heterocycles. The van der Waals surface area contributed by atoms with E-state index in [1.165, 1.54) is 0 Å². The maximum Gasteiger partial charge on any atom is 0.102 e. The average Bonchev–Trinajstić information content (AvgIpc) is 2.58. The predicted molar refractivity (Wildman–Crippen MR) is 55.2 cm³/mol. The van der Waals surface area contributed by atoms with Crippen molar-refractivity contribution in [3.05, 3.63) is 18.2 Å². The summed E-state index contributed by atoms with van der Waals surface area (Å²) >= 11 is 5.38. The zero-order valence-electron chi connectivity index (χ0n) is 8.22. The van der Waals surface area contributed by atoms with Crippen LogP contribution in [0.2, 0.25) is 0 Å². The lowest BCUT2D eigenvalue weighted by molar-refractivity contribution is 0.194. The summed E-state index contributed by atoms with van der Waals surface area (Å²) in [7, 11) is 1.70. The minimum Gasteiger partial charge on any atom is -0.385 e. The van der Waals surface area contributed by atoms with E-state index in [2.05, 4.69) is 9.97 Å². The first-order valence-corrected chi connectivity index (χ1v) is 4.85. The first kappa shape index (κ1) is 12.5. The van der Waals surface area contributed by atoms with E-state index in [0.29, 0.717) is 0 Å². The van der Waals surface area contributed by atoms with Gasteiger partial charge >= 0.3 is 0 Å². The second kappa shape index (κ2) is 9.55. The van der Waals surface area contributed by atoms with Crippen LogP contribution in [-0.2, 0) is 4.74 Å². The van der Waals surface area contributed by atoms with E-state index < -0.39 is 0 Å². The van der Waals surface area contributed by atoms with E-state index >= 15 is 0 Å². The van der Waals surface area contributed by atoms with E-state index in [0.717, 1.165) is 31.2 Å². The van der Waals surface area contributed by atoms with Crippen LogP contribution in [0.5, 0.6) is 0 Å². The van der Waals surface area contributed by atoms with Gasteiger partial charge in [-0.3, -0.25) is 0 Å². The van der Waals surface area contributed by atoms with Gasteiger partial charge in [0.2, 0.25) is 0 Å². The number of methoxy groups -OCH3 is 1. The van der Waals surface area contributed by atoms with Crippen molar-refractivity contribution in [1.29, 1.82) is 0 Å².